The fourth-order valence-corrected chi connectivity index (χ4v) is 3.03. The van der Waals surface area contributed by atoms with E-state index in [1.54, 1.807) is 7.11 Å². The summed E-state index contributed by atoms with van der Waals surface area (Å²) >= 11 is 0. The van der Waals surface area contributed by atoms with Crippen molar-refractivity contribution in [2.75, 3.05) is 12.4 Å². The van der Waals surface area contributed by atoms with Crippen molar-refractivity contribution in [3.8, 4) is 17.2 Å². The van der Waals surface area contributed by atoms with Gasteiger partial charge in [0.25, 0.3) is 0 Å². The van der Waals surface area contributed by atoms with E-state index in [4.69, 9.17) is 9.15 Å². The number of benzene rings is 2. The summed E-state index contributed by atoms with van der Waals surface area (Å²) in [6.45, 7) is 0. The lowest BCUT2D eigenvalue weighted by molar-refractivity contribution is -0.117. The van der Waals surface area contributed by atoms with E-state index in [2.05, 4.69) is 15.5 Å². The zero-order valence-corrected chi connectivity index (χ0v) is 13.7. The van der Waals surface area contributed by atoms with Crippen LogP contribution in [-0.2, 0) is 4.79 Å². The number of aromatic nitrogens is 2. The van der Waals surface area contributed by atoms with Crippen LogP contribution in [0.4, 0.5) is 5.69 Å². The van der Waals surface area contributed by atoms with Crippen molar-refractivity contribution in [3.63, 3.8) is 0 Å². The molecule has 2 aromatic carbocycles. The first-order chi connectivity index (χ1) is 12.3. The molecule has 1 aliphatic rings. The smallest absolute Gasteiger partial charge is 0.247 e. The van der Waals surface area contributed by atoms with Gasteiger partial charge < -0.3 is 14.5 Å². The van der Waals surface area contributed by atoms with Gasteiger partial charge in [-0.05, 0) is 48.2 Å². The number of rotatable bonds is 5. The average Bonchev–Trinajstić information content (AvgIpc) is 3.27. The van der Waals surface area contributed by atoms with Crippen LogP contribution in [-0.4, -0.2) is 23.2 Å². The summed E-state index contributed by atoms with van der Waals surface area (Å²) in [6.07, 6.45) is 2.13. The molecule has 0 bridgehead atoms. The molecule has 126 valence electrons. The summed E-state index contributed by atoms with van der Waals surface area (Å²) in [5.74, 6) is 1.52. The van der Waals surface area contributed by atoms with Crippen LogP contribution >= 0.6 is 0 Å². The van der Waals surface area contributed by atoms with Crippen molar-refractivity contribution >= 4 is 11.6 Å². The van der Waals surface area contributed by atoms with Crippen molar-refractivity contribution in [2.45, 2.75) is 12.3 Å². The molecule has 2 unspecified atom stereocenters. The van der Waals surface area contributed by atoms with Crippen molar-refractivity contribution in [1.82, 2.24) is 10.2 Å². The number of nitrogens with one attached hydrogen (secondary N) is 1. The van der Waals surface area contributed by atoms with Gasteiger partial charge in [-0.25, -0.2) is 0 Å². The lowest BCUT2D eigenvalue weighted by Gasteiger charge is -2.08. The van der Waals surface area contributed by atoms with E-state index in [9.17, 15) is 4.79 Å². The van der Waals surface area contributed by atoms with Crippen LogP contribution in [0.5, 0.6) is 5.75 Å². The number of anilines is 1. The van der Waals surface area contributed by atoms with Crippen molar-refractivity contribution < 1.29 is 13.9 Å². The summed E-state index contributed by atoms with van der Waals surface area (Å²) in [5.41, 5.74) is 2.66. The summed E-state index contributed by atoms with van der Waals surface area (Å²) in [5, 5.41) is 10.5. The van der Waals surface area contributed by atoms with Crippen LogP contribution in [0, 0.1) is 5.92 Å². The minimum absolute atomic E-state index is 0.0214. The molecule has 25 heavy (non-hydrogen) atoms. The van der Waals surface area contributed by atoms with Gasteiger partial charge >= 0.3 is 0 Å². The first-order valence-corrected chi connectivity index (χ1v) is 8.06. The molecule has 1 aromatic heterocycles. The number of carbonyl (C=O) groups is 1. The topological polar surface area (TPSA) is 77.2 Å². The Kier molecular flexibility index (Phi) is 3.93. The molecule has 6 heteroatoms. The van der Waals surface area contributed by atoms with E-state index in [1.807, 2.05) is 48.5 Å². The van der Waals surface area contributed by atoms with E-state index in [0.717, 1.165) is 29.0 Å². The average molecular weight is 335 g/mol. The standard InChI is InChI=1S/C19H17N3O3/c1-24-17-5-3-2-4-14(17)15-10-16(15)18(23)21-13-8-6-12(7-9-13)19-22-20-11-25-19/h2-9,11,15-16H,10H2,1H3,(H,21,23). The molecule has 1 aliphatic carbocycles. The Morgan fingerprint density at radius 3 is 2.72 bits per heavy atom. The van der Waals surface area contributed by atoms with Gasteiger partial charge in [0.05, 0.1) is 7.11 Å². The van der Waals surface area contributed by atoms with Gasteiger partial charge in [0.2, 0.25) is 18.2 Å². The number of nitrogens with zero attached hydrogens (tertiary/aromatic N) is 2. The predicted octanol–water partition coefficient (Wildman–Crippen LogP) is 3.49. The fraction of sp³-hybridized carbons (Fsp3) is 0.211. The van der Waals surface area contributed by atoms with Crippen molar-refractivity contribution in [2.24, 2.45) is 5.92 Å². The Hall–Kier alpha value is -3.15. The molecule has 0 aliphatic heterocycles. The SMILES string of the molecule is COc1ccccc1C1CC1C(=O)Nc1ccc(-c2nnco2)cc1. The molecule has 0 saturated heterocycles. The normalized spacial score (nSPS) is 18.6. The molecule has 0 radical (unpaired) electrons. The highest BCUT2D eigenvalue weighted by molar-refractivity contribution is 5.95. The molecule has 1 fully saturated rings. The van der Waals surface area contributed by atoms with Gasteiger partial charge in [-0.2, -0.15) is 0 Å². The molecule has 2 atom stereocenters. The Morgan fingerprint density at radius 2 is 2.00 bits per heavy atom. The van der Waals surface area contributed by atoms with Gasteiger partial charge in [-0.1, -0.05) is 18.2 Å². The maximum absolute atomic E-state index is 12.5. The second-order valence-electron chi connectivity index (χ2n) is 6.00. The number of methoxy groups -OCH3 is 1. The summed E-state index contributed by atoms with van der Waals surface area (Å²) in [4.78, 5) is 12.5. The number of amides is 1. The second-order valence-corrected chi connectivity index (χ2v) is 6.00. The summed E-state index contributed by atoms with van der Waals surface area (Å²) in [6, 6.07) is 15.2. The molecular weight excluding hydrogens is 318 g/mol. The minimum atomic E-state index is -0.0214. The van der Waals surface area contributed by atoms with Crippen LogP contribution in [0.25, 0.3) is 11.5 Å². The molecule has 1 heterocycles. The van der Waals surface area contributed by atoms with E-state index in [0.29, 0.717) is 5.89 Å². The number of carbonyl (C=O) groups excluding carboxylic acids is 1. The zero-order valence-electron chi connectivity index (χ0n) is 13.7. The number of ether oxygens (including phenoxy) is 1. The van der Waals surface area contributed by atoms with Crippen LogP contribution in [0.2, 0.25) is 0 Å². The molecule has 1 amide bonds. The Bertz CT molecular complexity index is 875. The third kappa shape index (κ3) is 3.10. The van der Waals surface area contributed by atoms with E-state index in [1.165, 1.54) is 6.39 Å². The Labute approximate surface area is 144 Å². The lowest BCUT2D eigenvalue weighted by Crippen LogP contribution is -2.14. The van der Waals surface area contributed by atoms with Gasteiger partial charge in [0.1, 0.15) is 5.75 Å². The maximum Gasteiger partial charge on any atom is 0.247 e. The molecule has 1 saturated carbocycles. The number of hydrogen-bond acceptors (Lipinski definition) is 5. The summed E-state index contributed by atoms with van der Waals surface area (Å²) in [7, 11) is 1.65. The third-order valence-electron chi connectivity index (χ3n) is 4.43. The predicted molar refractivity (Wildman–Crippen MR) is 92.2 cm³/mol. The largest absolute Gasteiger partial charge is 0.496 e. The highest BCUT2D eigenvalue weighted by Crippen LogP contribution is 2.50. The molecule has 1 N–H and O–H groups in total. The van der Waals surface area contributed by atoms with E-state index < -0.39 is 0 Å². The van der Waals surface area contributed by atoms with E-state index in [-0.39, 0.29) is 17.7 Å². The van der Waals surface area contributed by atoms with Gasteiger partial charge in [0.15, 0.2) is 0 Å². The summed E-state index contributed by atoms with van der Waals surface area (Å²) < 4.78 is 10.5. The van der Waals surface area contributed by atoms with E-state index >= 15 is 0 Å². The highest BCUT2D eigenvalue weighted by atomic mass is 16.5. The highest BCUT2D eigenvalue weighted by Gasteiger charge is 2.45. The first kappa shape index (κ1) is 15.4. The molecule has 3 aromatic rings. The minimum Gasteiger partial charge on any atom is -0.496 e. The molecular formula is C19H17N3O3. The first-order valence-electron chi connectivity index (χ1n) is 8.06. The van der Waals surface area contributed by atoms with Crippen LogP contribution < -0.4 is 10.1 Å². The lowest BCUT2D eigenvalue weighted by atomic mass is 10.1. The Balaban J connectivity index is 1.41. The molecule has 6 nitrogen and oxygen atoms in total. The quantitative estimate of drug-likeness (QED) is 0.772. The number of hydrogen-bond donors (Lipinski definition) is 1. The van der Waals surface area contributed by atoms with Crippen molar-refractivity contribution in [1.29, 1.82) is 0 Å². The van der Waals surface area contributed by atoms with Gasteiger partial charge in [-0.3, -0.25) is 4.79 Å². The van der Waals surface area contributed by atoms with Gasteiger partial charge in [-0.15, -0.1) is 10.2 Å². The monoisotopic (exact) mass is 335 g/mol. The van der Waals surface area contributed by atoms with Crippen LogP contribution in [0.15, 0.2) is 59.3 Å². The molecule has 0 spiro atoms. The van der Waals surface area contributed by atoms with Gasteiger partial charge in [0, 0.05) is 17.2 Å². The van der Waals surface area contributed by atoms with Crippen molar-refractivity contribution in [3.05, 3.63) is 60.5 Å². The van der Waals surface area contributed by atoms with Crippen LogP contribution in [0.1, 0.15) is 17.9 Å². The fourth-order valence-electron chi connectivity index (χ4n) is 3.03. The molecule has 4 rings (SSSR count). The maximum atomic E-state index is 12.5. The second kappa shape index (κ2) is 6.39. The third-order valence-corrected chi connectivity index (χ3v) is 4.43. The zero-order chi connectivity index (χ0) is 17.2. The number of para-hydroxylation sites is 1. The Morgan fingerprint density at radius 1 is 1.20 bits per heavy atom. The van der Waals surface area contributed by atoms with Crippen LogP contribution in [0.3, 0.4) is 0 Å².